The third-order valence-corrected chi connectivity index (χ3v) is 4.90. The first-order chi connectivity index (χ1) is 12.9. The van der Waals surface area contributed by atoms with Crippen LogP contribution in [-0.2, 0) is 9.59 Å². The van der Waals surface area contributed by atoms with E-state index in [4.69, 9.17) is 0 Å². The number of carbonyl (C=O) groups excluding carboxylic acids is 2. The molecule has 2 amide bonds. The molecular weight excluding hydrogens is 378 g/mol. The van der Waals surface area contributed by atoms with Gasteiger partial charge < -0.3 is 15.6 Å². The highest BCUT2D eigenvalue weighted by Crippen LogP contribution is 2.30. The Morgan fingerprint density at radius 2 is 2.00 bits per heavy atom. The number of thioether (sulfide) groups is 1. The lowest BCUT2D eigenvalue weighted by atomic mass is 9.92. The molecule has 0 aliphatic carbocycles. The maximum atomic E-state index is 13.3. The fourth-order valence-corrected chi connectivity index (χ4v) is 3.42. The molecule has 1 aliphatic heterocycles. The standard InChI is InChI=1S/C17H16F2N4O3S/c1-2-3-27-17-22-14-13(16(26)23-17)11(7-12(24)21-14)15(25)20-10-5-8(18)4-9(19)6-10/h4-6,11H,2-3,7H2,1H3,(H,20,25)(H2,21,22,23,24,26)/t11-/m1/s1. The molecule has 3 rings (SSSR count). The summed E-state index contributed by atoms with van der Waals surface area (Å²) in [5.74, 6) is -3.28. The highest BCUT2D eigenvalue weighted by atomic mass is 32.2. The van der Waals surface area contributed by atoms with E-state index in [9.17, 15) is 23.2 Å². The number of anilines is 2. The van der Waals surface area contributed by atoms with Crippen molar-refractivity contribution in [2.75, 3.05) is 16.4 Å². The number of carbonyl (C=O) groups is 2. The zero-order chi connectivity index (χ0) is 19.6. The van der Waals surface area contributed by atoms with E-state index >= 15 is 0 Å². The molecule has 3 N–H and O–H groups in total. The molecule has 0 saturated heterocycles. The Balaban J connectivity index is 1.92. The second-order valence-corrected chi connectivity index (χ2v) is 7.02. The minimum absolute atomic E-state index is 0.0184. The van der Waals surface area contributed by atoms with Crippen LogP contribution >= 0.6 is 11.8 Å². The van der Waals surface area contributed by atoms with Crippen LogP contribution in [0.15, 0.2) is 28.2 Å². The zero-order valence-corrected chi connectivity index (χ0v) is 15.1. The average molecular weight is 394 g/mol. The Kier molecular flexibility index (Phi) is 5.54. The maximum absolute atomic E-state index is 13.3. The first kappa shape index (κ1) is 19.0. The van der Waals surface area contributed by atoms with Gasteiger partial charge in [0.2, 0.25) is 11.8 Å². The van der Waals surface area contributed by atoms with Gasteiger partial charge in [0, 0.05) is 23.9 Å². The number of fused-ring (bicyclic) bond motifs is 1. The van der Waals surface area contributed by atoms with Gasteiger partial charge in [0.05, 0.1) is 11.5 Å². The van der Waals surface area contributed by atoms with Crippen molar-refractivity contribution in [2.45, 2.75) is 30.8 Å². The molecule has 0 bridgehead atoms. The van der Waals surface area contributed by atoms with Gasteiger partial charge in [-0.15, -0.1) is 0 Å². The highest BCUT2D eigenvalue weighted by Gasteiger charge is 2.34. The molecule has 2 heterocycles. The molecule has 27 heavy (non-hydrogen) atoms. The summed E-state index contributed by atoms with van der Waals surface area (Å²) in [5.41, 5.74) is -0.626. The summed E-state index contributed by atoms with van der Waals surface area (Å²) >= 11 is 1.32. The predicted octanol–water partition coefficient (Wildman–Crippen LogP) is 2.61. The van der Waals surface area contributed by atoms with Gasteiger partial charge in [-0.2, -0.15) is 0 Å². The van der Waals surface area contributed by atoms with Crippen molar-refractivity contribution in [3.8, 4) is 0 Å². The lowest BCUT2D eigenvalue weighted by molar-refractivity contribution is -0.123. The summed E-state index contributed by atoms with van der Waals surface area (Å²) < 4.78 is 26.6. The second kappa shape index (κ2) is 7.87. The number of hydrogen-bond donors (Lipinski definition) is 3. The number of aromatic nitrogens is 2. The fraction of sp³-hybridized carbons (Fsp3) is 0.294. The topological polar surface area (TPSA) is 104 Å². The largest absolute Gasteiger partial charge is 0.325 e. The highest BCUT2D eigenvalue weighted by molar-refractivity contribution is 7.99. The summed E-state index contributed by atoms with van der Waals surface area (Å²) in [6.45, 7) is 1.97. The van der Waals surface area contributed by atoms with Crippen LogP contribution in [-0.4, -0.2) is 27.5 Å². The number of halogens is 2. The summed E-state index contributed by atoms with van der Waals surface area (Å²) in [6.07, 6.45) is 0.593. The smallest absolute Gasteiger partial charge is 0.257 e. The number of H-pyrrole nitrogens is 1. The van der Waals surface area contributed by atoms with Gasteiger partial charge in [-0.25, -0.2) is 13.8 Å². The van der Waals surface area contributed by atoms with Crippen molar-refractivity contribution < 1.29 is 18.4 Å². The lowest BCUT2D eigenvalue weighted by Gasteiger charge is -2.23. The molecular formula is C17H16F2N4O3S. The number of nitrogens with zero attached hydrogens (tertiary/aromatic N) is 1. The number of hydrogen-bond acceptors (Lipinski definition) is 5. The van der Waals surface area contributed by atoms with Crippen molar-refractivity contribution >= 4 is 35.1 Å². The molecule has 1 aromatic carbocycles. The number of nitrogens with one attached hydrogen (secondary N) is 3. The fourth-order valence-electron chi connectivity index (χ4n) is 2.70. The normalized spacial score (nSPS) is 15.8. The molecule has 1 aliphatic rings. The summed E-state index contributed by atoms with van der Waals surface area (Å²) in [7, 11) is 0. The molecule has 1 aromatic heterocycles. The van der Waals surface area contributed by atoms with Crippen LogP contribution in [0.3, 0.4) is 0 Å². The Morgan fingerprint density at radius 1 is 1.30 bits per heavy atom. The van der Waals surface area contributed by atoms with E-state index in [1.807, 2.05) is 6.92 Å². The Bertz CT molecular complexity index is 943. The minimum atomic E-state index is -1.12. The van der Waals surface area contributed by atoms with E-state index < -0.39 is 34.9 Å². The summed E-state index contributed by atoms with van der Waals surface area (Å²) in [5, 5.41) is 5.19. The van der Waals surface area contributed by atoms with Gasteiger partial charge in [0.1, 0.15) is 17.5 Å². The van der Waals surface area contributed by atoms with Crippen molar-refractivity contribution in [1.82, 2.24) is 9.97 Å². The average Bonchev–Trinajstić information content (AvgIpc) is 2.57. The van der Waals surface area contributed by atoms with Crippen molar-refractivity contribution in [1.29, 1.82) is 0 Å². The van der Waals surface area contributed by atoms with Crippen LogP contribution in [0.5, 0.6) is 0 Å². The number of benzene rings is 1. The Labute approximate surface area is 157 Å². The lowest BCUT2D eigenvalue weighted by Crippen LogP contribution is -2.36. The first-order valence-corrected chi connectivity index (χ1v) is 9.19. The van der Waals surface area contributed by atoms with Crippen molar-refractivity contribution in [3.05, 3.63) is 45.8 Å². The number of amides is 2. The van der Waals surface area contributed by atoms with Gasteiger partial charge >= 0.3 is 0 Å². The van der Waals surface area contributed by atoms with E-state index in [2.05, 4.69) is 20.6 Å². The molecule has 0 radical (unpaired) electrons. The second-order valence-electron chi connectivity index (χ2n) is 5.93. The van der Waals surface area contributed by atoms with Gasteiger partial charge in [0.15, 0.2) is 5.16 Å². The summed E-state index contributed by atoms with van der Waals surface area (Å²) in [6, 6.07) is 2.55. The monoisotopic (exact) mass is 394 g/mol. The molecule has 0 fully saturated rings. The number of rotatable bonds is 5. The molecule has 0 saturated carbocycles. The van der Waals surface area contributed by atoms with Crippen LogP contribution in [0.25, 0.3) is 0 Å². The van der Waals surface area contributed by atoms with Crippen molar-refractivity contribution in [2.24, 2.45) is 0 Å². The van der Waals surface area contributed by atoms with Crippen LogP contribution in [0.1, 0.15) is 31.2 Å². The van der Waals surface area contributed by atoms with Crippen LogP contribution in [0.4, 0.5) is 20.3 Å². The Hall–Kier alpha value is -2.75. The third kappa shape index (κ3) is 4.33. The molecule has 7 nitrogen and oxygen atoms in total. The van der Waals surface area contributed by atoms with Gasteiger partial charge in [0.25, 0.3) is 5.56 Å². The molecule has 1 atom stereocenters. The third-order valence-electron chi connectivity index (χ3n) is 3.82. The molecule has 0 unspecified atom stereocenters. The molecule has 2 aromatic rings. The Morgan fingerprint density at radius 3 is 2.67 bits per heavy atom. The van der Waals surface area contributed by atoms with Gasteiger partial charge in [-0.3, -0.25) is 14.4 Å². The minimum Gasteiger partial charge on any atom is -0.325 e. The van der Waals surface area contributed by atoms with Crippen LogP contribution in [0.2, 0.25) is 0 Å². The van der Waals surface area contributed by atoms with E-state index in [1.165, 1.54) is 11.8 Å². The molecule has 142 valence electrons. The quantitative estimate of drug-likeness (QED) is 0.534. The van der Waals surface area contributed by atoms with Gasteiger partial charge in [-0.1, -0.05) is 18.7 Å². The van der Waals surface area contributed by atoms with Crippen LogP contribution in [0, 0.1) is 11.6 Å². The van der Waals surface area contributed by atoms with Crippen LogP contribution < -0.4 is 16.2 Å². The molecule has 0 spiro atoms. The summed E-state index contributed by atoms with van der Waals surface area (Å²) in [4.78, 5) is 43.8. The number of aromatic amines is 1. The molecule has 10 heteroatoms. The van der Waals surface area contributed by atoms with E-state index in [0.29, 0.717) is 11.2 Å². The predicted molar refractivity (Wildman–Crippen MR) is 96.8 cm³/mol. The van der Waals surface area contributed by atoms with Gasteiger partial charge in [-0.05, 0) is 18.6 Å². The van der Waals surface area contributed by atoms with E-state index in [0.717, 1.165) is 24.3 Å². The van der Waals surface area contributed by atoms with Crippen molar-refractivity contribution in [3.63, 3.8) is 0 Å². The van der Waals surface area contributed by atoms with E-state index in [1.54, 1.807) is 0 Å². The zero-order valence-electron chi connectivity index (χ0n) is 14.3. The first-order valence-electron chi connectivity index (χ1n) is 8.21. The SMILES string of the molecule is CCCSc1nc2c(c(=O)[nH]1)[C@H](C(=O)Nc1cc(F)cc(F)c1)CC(=O)N2. The maximum Gasteiger partial charge on any atom is 0.257 e. The van der Waals surface area contributed by atoms with E-state index in [-0.39, 0.29) is 23.5 Å².